The van der Waals surface area contributed by atoms with Gasteiger partial charge in [0.15, 0.2) is 6.29 Å². The third kappa shape index (κ3) is 5.32. The smallest absolute Gasteiger partial charge is 0.253 e. The number of halogens is 2. The zero-order chi connectivity index (χ0) is 14.3. The van der Waals surface area contributed by atoms with Crippen LogP contribution in [0.2, 0.25) is 10.2 Å². The first-order valence-corrected chi connectivity index (χ1v) is 6.66. The summed E-state index contributed by atoms with van der Waals surface area (Å²) >= 11 is 11.5. The Morgan fingerprint density at radius 1 is 1.37 bits per heavy atom. The van der Waals surface area contributed by atoms with Crippen LogP contribution in [0.4, 0.5) is 0 Å². The van der Waals surface area contributed by atoms with Crippen molar-refractivity contribution in [1.29, 1.82) is 0 Å². The van der Waals surface area contributed by atoms with Gasteiger partial charge in [0.2, 0.25) is 0 Å². The van der Waals surface area contributed by atoms with E-state index in [9.17, 15) is 4.79 Å². The average Bonchev–Trinajstić information content (AvgIpc) is 2.39. The molecule has 106 valence electrons. The molecule has 0 aromatic carbocycles. The van der Waals surface area contributed by atoms with Crippen LogP contribution in [0.1, 0.15) is 24.2 Å². The Morgan fingerprint density at radius 2 is 2.00 bits per heavy atom. The van der Waals surface area contributed by atoms with Gasteiger partial charge in [-0.05, 0) is 19.9 Å². The normalized spacial score (nSPS) is 10.8. The van der Waals surface area contributed by atoms with Crippen molar-refractivity contribution < 1.29 is 14.3 Å². The number of aromatic nitrogens is 1. The number of nitrogens with one attached hydrogen (secondary N) is 1. The van der Waals surface area contributed by atoms with E-state index in [1.54, 1.807) is 0 Å². The average molecular weight is 307 g/mol. The molecule has 19 heavy (non-hydrogen) atoms. The van der Waals surface area contributed by atoms with Crippen LogP contribution in [0.15, 0.2) is 12.3 Å². The van der Waals surface area contributed by atoms with Gasteiger partial charge in [-0.25, -0.2) is 4.98 Å². The van der Waals surface area contributed by atoms with Crippen molar-refractivity contribution >= 4 is 29.1 Å². The first-order valence-electron chi connectivity index (χ1n) is 5.90. The largest absolute Gasteiger partial charge is 0.351 e. The number of pyridine rings is 1. The second-order valence-electron chi connectivity index (χ2n) is 3.55. The molecule has 1 amide bonds. The maximum atomic E-state index is 11.9. The van der Waals surface area contributed by atoms with Crippen LogP contribution < -0.4 is 5.32 Å². The molecule has 0 aliphatic carbocycles. The van der Waals surface area contributed by atoms with E-state index in [2.05, 4.69) is 10.3 Å². The van der Waals surface area contributed by atoms with E-state index < -0.39 is 6.29 Å². The van der Waals surface area contributed by atoms with Gasteiger partial charge >= 0.3 is 0 Å². The van der Waals surface area contributed by atoms with Crippen LogP contribution in [0.25, 0.3) is 0 Å². The van der Waals surface area contributed by atoms with Gasteiger partial charge in [0.1, 0.15) is 5.15 Å². The summed E-state index contributed by atoms with van der Waals surface area (Å²) in [6, 6.07) is 1.46. The molecular weight excluding hydrogens is 291 g/mol. The van der Waals surface area contributed by atoms with Gasteiger partial charge < -0.3 is 14.8 Å². The molecule has 1 N–H and O–H groups in total. The Bertz CT molecular complexity index is 423. The molecule has 0 radical (unpaired) electrons. The summed E-state index contributed by atoms with van der Waals surface area (Å²) < 4.78 is 10.6. The fourth-order valence-electron chi connectivity index (χ4n) is 1.36. The molecule has 0 bridgehead atoms. The molecule has 1 aromatic heterocycles. The van der Waals surface area contributed by atoms with Crippen molar-refractivity contribution in [3.8, 4) is 0 Å². The molecule has 0 saturated heterocycles. The second-order valence-corrected chi connectivity index (χ2v) is 4.31. The van der Waals surface area contributed by atoms with Crippen molar-refractivity contribution in [1.82, 2.24) is 10.3 Å². The summed E-state index contributed by atoms with van der Waals surface area (Å²) in [4.78, 5) is 15.7. The third-order valence-electron chi connectivity index (χ3n) is 2.19. The summed E-state index contributed by atoms with van der Waals surface area (Å²) in [5.74, 6) is -0.310. The molecule has 0 atom stereocenters. The van der Waals surface area contributed by atoms with Gasteiger partial charge in [0.25, 0.3) is 5.91 Å². The minimum absolute atomic E-state index is 0.166. The fraction of sp³-hybridized carbons (Fsp3) is 0.500. The van der Waals surface area contributed by atoms with Gasteiger partial charge in [-0.15, -0.1) is 0 Å². The predicted molar refractivity (Wildman–Crippen MR) is 73.6 cm³/mol. The Balaban J connectivity index is 2.56. The molecule has 0 spiro atoms. The summed E-state index contributed by atoms with van der Waals surface area (Å²) in [7, 11) is 0. The van der Waals surface area contributed by atoms with Crippen LogP contribution >= 0.6 is 23.2 Å². The summed E-state index contributed by atoms with van der Waals surface area (Å²) in [6.45, 7) is 4.98. The van der Waals surface area contributed by atoms with Gasteiger partial charge in [0, 0.05) is 19.4 Å². The zero-order valence-corrected chi connectivity index (χ0v) is 12.3. The van der Waals surface area contributed by atoms with Gasteiger partial charge in [-0.1, -0.05) is 23.2 Å². The van der Waals surface area contributed by atoms with Crippen molar-refractivity contribution in [2.45, 2.75) is 20.1 Å². The Hall–Kier alpha value is -0.880. The van der Waals surface area contributed by atoms with Gasteiger partial charge in [-0.2, -0.15) is 0 Å². The monoisotopic (exact) mass is 306 g/mol. The highest BCUT2D eigenvalue weighted by atomic mass is 35.5. The van der Waals surface area contributed by atoms with E-state index in [0.29, 0.717) is 18.8 Å². The zero-order valence-electron chi connectivity index (χ0n) is 10.8. The molecule has 0 aliphatic heterocycles. The maximum Gasteiger partial charge on any atom is 0.253 e. The number of hydrogen-bond acceptors (Lipinski definition) is 4. The second kappa shape index (κ2) is 8.32. The van der Waals surface area contributed by atoms with Crippen molar-refractivity contribution in [2.75, 3.05) is 19.8 Å². The van der Waals surface area contributed by atoms with Crippen molar-refractivity contribution in [3.05, 3.63) is 28.0 Å². The minimum Gasteiger partial charge on any atom is -0.351 e. The number of ether oxygens (including phenoxy) is 2. The number of amides is 1. The van der Waals surface area contributed by atoms with Crippen LogP contribution in [0.3, 0.4) is 0 Å². The Kier molecular flexibility index (Phi) is 7.09. The lowest BCUT2D eigenvalue weighted by atomic mass is 10.2. The Morgan fingerprint density at radius 3 is 2.53 bits per heavy atom. The molecule has 1 heterocycles. The first-order chi connectivity index (χ1) is 9.08. The minimum atomic E-state index is -0.463. The van der Waals surface area contributed by atoms with E-state index in [0.717, 1.165) is 0 Å². The van der Waals surface area contributed by atoms with Crippen LogP contribution in [-0.4, -0.2) is 36.9 Å². The number of carbonyl (C=O) groups is 1. The lowest BCUT2D eigenvalue weighted by molar-refractivity contribution is -0.131. The summed E-state index contributed by atoms with van der Waals surface area (Å²) in [5.41, 5.74) is 0.334. The molecule has 1 aromatic rings. The van der Waals surface area contributed by atoms with E-state index in [-0.39, 0.29) is 22.6 Å². The molecule has 0 saturated carbocycles. The predicted octanol–water partition coefficient (Wildman–Crippen LogP) is 2.52. The highest BCUT2D eigenvalue weighted by Crippen LogP contribution is 2.19. The molecule has 0 fully saturated rings. The number of hydrogen-bond donors (Lipinski definition) is 1. The Labute approximate surface area is 122 Å². The standard InChI is InChI=1S/C12H16Cl2N2O3/c1-3-18-10(19-4-2)7-16-12(17)8-5-9(13)11(14)15-6-8/h5-6,10H,3-4,7H2,1-2H3,(H,16,17). The summed E-state index contributed by atoms with van der Waals surface area (Å²) in [5, 5.41) is 3.09. The summed E-state index contributed by atoms with van der Waals surface area (Å²) in [6.07, 6.45) is 0.898. The van der Waals surface area contributed by atoms with E-state index in [1.807, 2.05) is 13.8 Å². The van der Waals surface area contributed by atoms with Crippen molar-refractivity contribution in [3.63, 3.8) is 0 Å². The quantitative estimate of drug-likeness (QED) is 0.621. The highest BCUT2D eigenvalue weighted by Gasteiger charge is 2.12. The lowest BCUT2D eigenvalue weighted by Crippen LogP contribution is -2.35. The van der Waals surface area contributed by atoms with Crippen LogP contribution in [0, 0.1) is 0 Å². The topological polar surface area (TPSA) is 60.5 Å². The molecule has 0 unspecified atom stereocenters. The molecule has 1 rings (SSSR count). The number of rotatable bonds is 7. The van der Waals surface area contributed by atoms with E-state index in [1.165, 1.54) is 12.3 Å². The third-order valence-corrected chi connectivity index (χ3v) is 2.88. The molecular formula is C12H16Cl2N2O3. The molecule has 7 heteroatoms. The molecule has 5 nitrogen and oxygen atoms in total. The number of carbonyl (C=O) groups excluding carboxylic acids is 1. The molecule has 0 aliphatic rings. The fourth-order valence-corrected chi connectivity index (χ4v) is 1.63. The lowest BCUT2D eigenvalue weighted by Gasteiger charge is -2.17. The van der Waals surface area contributed by atoms with E-state index >= 15 is 0 Å². The van der Waals surface area contributed by atoms with Gasteiger partial charge in [-0.3, -0.25) is 4.79 Å². The van der Waals surface area contributed by atoms with E-state index in [4.69, 9.17) is 32.7 Å². The van der Waals surface area contributed by atoms with Gasteiger partial charge in [0.05, 0.1) is 17.1 Å². The van der Waals surface area contributed by atoms with Crippen molar-refractivity contribution in [2.24, 2.45) is 0 Å². The number of nitrogens with zero attached hydrogens (tertiary/aromatic N) is 1. The highest BCUT2D eigenvalue weighted by molar-refractivity contribution is 6.41. The van der Waals surface area contributed by atoms with Crippen LogP contribution in [0.5, 0.6) is 0 Å². The maximum absolute atomic E-state index is 11.9. The van der Waals surface area contributed by atoms with Crippen LogP contribution in [-0.2, 0) is 9.47 Å². The first kappa shape index (κ1) is 16.2. The SMILES string of the molecule is CCOC(CNC(=O)c1cnc(Cl)c(Cl)c1)OCC.